The third kappa shape index (κ3) is 4.20. The Kier molecular flexibility index (Phi) is 5.81. The summed E-state index contributed by atoms with van der Waals surface area (Å²) in [7, 11) is 0. The highest BCUT2D eigenvalue weighted by molar-refractivity contribution is 5.93. The molecule has 0 spiro atoms. The molecule has 20 heavy (non-hydrogen) atoms. The third-order valence-electron chi connectivity index (χ3n) is 4.05. The van der Waals surface area contributed by atoms with E-state index in [-0.39, 0.29) is 5.91 Å². The smallest absolute Gasteiger partial charge is 0.265 e. The van der Waals surface area contributed by atoms with E-state index in [1.54, 1.807) is 0 Å². The lowest BCUT2D eigenvalue weighted by atomic mass is 9.83. The van der Waals surface area contributed by atoms with Crippen molar-refractivity contribution < 1.29 is 4.79 Å². The van der Waals surface area contributed by atoms with Gasteiger partial charge in [-0.3, -0.25) is 10.2 Å². The Balaban J connectivity index is 1.88. The summed E-state index contributed by atoms with van der Waals surface area (Å²) in [5.41, 5.74) is 6.74. The zero-order chi connectivity index (χ0) is 14.2. The second kappa shape index (κ2) is 7.85. The molecule has 3 nitrogen and oxygen atoms in total. The average molecular weight is 272 g/mol. The van der Waals surface area contributed by atoms with Crippen molar-refractivity contribution in [1.29, 1.82) is 0 Å². The maximum atomic E-state index is 12.0. The first-order chi connectivity index (χ1) is 9.81. The lowest BCUT2D eigenvalue weighted by molar-refractivity contribution is 0.0912. The maximum Gasteiger partial charge on any atom is 0.265 e. The normalized spacial score (nSPS) is 17.4. The van der Waals surface area contributed by atoms with E-state index in [2.05, 4.69) is 17.4 Å². The first-order valence-corrected chi connectivity index (χ1v) is 7.53. The summed E-state index contributed by atoms with van der Waals surface area (Å²) in [4.78, 5) is 12.0. The van der Waals surface area contributed by atoms with Gasteiger partial charge in [-0.05, 0) is 37.3 Å². The number of carbonyl (C=O) groups excluding carboxylic acids is 1. The van der Waals surface area contributed by atoms with E-state index in [0.717, 1.165) is 6.42 Å². The van der Waals surface area contributed by atoms with Gasteiger partial charge >= 0.3 is 0 Å². The molecule has 1 aromatic rings. The molecule has 0 bridgehead atoms. The van der Waals surface area contributed by atoms with Crippen LogP contribution in [0.2, 0.25) is 0 Å². The first kappa shape index (κ1) is 14.8. The first-order valence-electron chi connectivity index (χ1n) is 7.53. The van der Waals surface area contributed by atoms with Crippen LogP contribution < -0.4 is 10.9 Å². The van der Waals surface area contributed by atoms with E-state index in [9.17, 15) is 4.79 Å². The van der Waals surface area contributed by atoms with Gasteiger partial charge in [-0.2, -0.15) is 0 Å². The van der Waals surface area contributed by atoms with Gasteiger partial charge in [0.2, 0.25) is 0 Å². The molecule has 1 aliphatic rings. The Bertz CT molecular complexity index is 424. The van der Waals surface area contributed by atoms with Crippen LogP contribution in [0.3, 0.4) is 0 Å². The van der Waals surface area contributed by atoms with Crippen LogP contribution in [-0.4, -0.2) is 11.9 Å². The van der Waals surface area contributed by atoms with Crippen molar-refractivity contribution in [3.63, 3.8) is 0 Å². The van der Waals surface area contributed by atoms with Crippen molar-refractivity contribution >= 4 is 5.91 Å². The number of amides is 1. The van der Waals surface area contributed by atoms with Crippen molar-refractivity contribution in [2.24, 2.45) is 5.92 Å². The van der Waals surface area contributed by atoms with Crippen LogP contribution >= 0.6 is 0 Å². The van der Waals surface area contributed by atoms with E-state index in [1.165, 1.54) is 32.1 Å². The highest BCUT2D eigenvalue weighted by Gasteiger charge is 2.22. The van der Waals surface area contributed by atoms with Crippen LogP contribution in [0.1, 0.15) is 48.9 Å². The number of rotatable bonds is 6. The van der Waals surface area contributed by atoms with Crippen molar-refractivity contribution in [2.45, 2.75) is 44.6 Å². The summed E-state index contributed by atoms with van der Waals surface area (Å²) >= 11 is 0. The Morgan fingerprint density at radius 2 is 1.95 bits per heavy atom. The largest absolute Gasteiger partial charge is 0.287 e. The van der Waals surface area contributed by atoms with Crippen molar-refractivity contribution in [2.75, 3.05) is 0 Å². The molecular weight excluding hydrogens is 248 g/mol. The SMILES string of the molecule is C=CC[C@@H](NNC(=O)c1ccccc1)C1CCCCC1. The van der Waals surface area contributed by atoms with Crippen LogP contribution in [-0.2, 0) is 0 Å². The van der Waals surface area contributed by atoms with Gasteiger partial charge in [0, 0.05) is 11.6 Å². The molecule has 1 amide bonds. The van der Waals surface area contributed by atoms with Crippen molar-refractivity contribution in [3.8, 4) is 0 Å². The molecule has 0 aromatic heterocycles. The fraction of sp³-hybridized carbons (Fsp3) is 0.471. The minimum atomic E-state index is -0.0736. The second-order valence-corrected chi connectivity index (χ2v) is 5.49. The van der Waals surface area contributed by atoms with Gasteiger partial charge in [0.1, 0.15) is 0 Å². The molecule has 1 aliphatic carbocycles. The van der Waals surface area contributed by atoms with Crippen LogP contribution in [0, 0.1) is 5.92 Å². The predicted octanol–water partition coefficient (Wildman–Crippen LogP) is 3.45. The Labute approximate surface area is 121 Å². The molecule has 0 unspecified atom stereocenters. The number of hydrogen-bond acceptors (Lipinski definition) is 2. The number of nitrogens with one attached hydrogen (secondary N) is 2. The standard InChI is InChI=1S/C17H24N2O/c1-2-9-16(14-10-5-3-6-11-14)18-19-17(20)15-12-7-4-8-13-15/h2,4,7-8,12-14,16,18H,1,3,5-6,9-11H2,(H,19,20)/t16-/m1/s1. The van der Waals surface area contributed by atoms with Gasteiger partial charge in [-0.1, -0.05) is 43.5 Å². The van der Waals surface area contributed by atoms with E-state index < -0.39 is 0 Å². The third-order valence-corrected chi connectivity index (χ3v) is 4.05. The molecule has 0 saturated heterocycles. The van der Waals surface area contributed by atoms with Crippen molar-refractivity contribution in [1.82, 2.24) is 10.9 Å². The van der Waals surface area contributed by atoms with E-state index in [4.69, 9.17) is 0 Å². The van der Waals surface area contributed by atoms with E-state index in [1.807, 2.05) is 36.4 Å². The van der Waals surface area contributed by atoms with E-state index in [0.29, 0.717) is 17.5 Å². The number of hydrogen-bond donors (Lipinski definition) is 2. The van der Waals surface area contributed by atoms with E-state index >= 15 is 0 Å². The molecule has 108 valence electrons. The second-order valence-electron chi connectivity index (χ2n) is 5.49. The topological polar surface area (TPSA) is 41.1 Å². The van der Waals surface area contributed by atoms with Crippen LogP contribution in [0.4, 0.5) is 0 Å². The van der Waals surface area contributed by atoms with Crippen LogP contribution in [0.25, 0.3) is 0 Å². The lowest BCUT2D eigenvalue weighted by Gasteiger charge is -2.30. The number of carbonyl (C=O) groups is 1. The summed E-state index contributed by atoms with van der Waals surface area (Å²) < 4.78 is 0. The van der Waals surface area contributed by atoms with Gasteiger partial charge in [0.25, 0.3) is 5.91 Å². The molecule has 1 atom stereocenters. The van der Waals surface area contributed by atoms with Crippen molar-refractivity contribution in [3.05, 3.63) is 48.6 Å². The fourth-order valence-electron chi connectivity index (χ4n) is 2.91. The molecule has 1 aromatic carbocycles. The zero-order valence-corrected chi connectivity index (χ0v) is 12.0. The number of hydrazine groups is 1. The minimum Gasteiger partial charge on any atom is -0.287 e. The monoisotopic (exact) mass is 272 g/mol. The Morgan fingerprint density at radius 3 is 2.60 bits per heavy atom. The summed E-state index contributed by atoms with van der Waals surface area (Å²) in [5.74, 6) is 0.563. The predicted molar refractivity (Wildman–Crippen MR) is 82.2 cm³/mol. The summed E-state index contributed by atoms with van der Waals surface area (Å²) in [6, 6.07) is 9.59. The molecule has 2 N–H and O–H groups in total. The Hall–Kier alpha value is -1.61. The summed E-state index contributed by atoms with van der Waals surface area (Å²) in [6.07, 6.45) is 9.24. The molecular formula is C17H24N2O. The van der Waals surface area contributed by atoms with Gasteiger partial charge < -0.3 is 0 Å². The quantitative estimate of drug-likeness (QED) is 0.615. The molecule has 0 aliphatic heterocycles. The minimum absolute atomic E-state index is 0.0736. The molecule has 2 rings (SSSR count). The fourth-order valence-corrected chi connectivity index (χ4v) is 2.91. The molecule has 3 heteroatoms. The lowest BCUT2D eigenvalue weighted by Crippen LogP contribution is -2.48. The number of benzene rings is 1. The maximum absolute atomic E-state index is 12.0. The van der Waals surface area contributed by atoms with Gasteiger partial charge in [-0.25, -0.2) is 5.43 Å². The van der Waals surface area contributed by atoms with Gasteiger partial charge in [0.05, 0.1) is 0 Å². The summed E-state index contributed by atoms with van der Waals surface area (Å²) in [5, 5.41) is 0. The molecule has 0 radical (unpaired) electrons. The zero-order valence-electron chi connectivity index (χ0n) is 12.0. The molecule has 1 fully saturated rings. The highest BCUT2D eigenvalue weighted by Crippen LogP contribution is 2.27. The molecule has 0 heterocycles. The van der Waals surface area contributed by atoms with Gasteiger partial charge in [-0.15, -0.1) is 6.58 Å². The highest BCUT2D eigenvalue weighted by atomic mass is 16.2. The Morgan fingerprint density at radius 1 is 1.25 bits per heavy atom. The van der Waals surface area contributed by atoms with Crippen LogP contribution in [0.15, 0.2) is 43.0 Å². The summed E-state index contributed by atoms with van der Waals surface area (Å²) in [6.45, 7) is 3.83. The van der Waals surface area contributed by atoms with Gasteiger partial charge in [0.15, 0.2) is 0 Å². The molecule has 1 saturated carbocycles. The average Bonchev–Trinajstić information content (AvgIpc) is 2.53. The van der Waals surface area contributed by atoms with Crippen LogP contribution in [0.5, 0.6) is 0 Å².